The monoisotopic (exact) mass is 187 g/mol. The molecule has 1 N–H and O–H groups in total. The minimum Gasteiger partial charge on any atom is -0.356 e. The zero-order valence-corrected chi connectivity index (χ0v) is 8.62. The number of hydrogen-bond acceptors (Lipinski definition) is 3. The van der Waals surface area contributed by atoms with Gasteiger partial charge in [0.2, 0.25) is 0 Å². The fourth-order valence-electron chi connectivity index (χ4n) is 1.83. The average Bonchev–Trinajstić information content (AvgIpc) is 2.55. The molecule has 2 rings (SSSR count). The summed E-state index contributed by atoms with van der Waals surface area (Å²) in [6.45, 7) is 5.31. The van der Waals surface area contributed by atoms with Crippen LogP contribution in [0.3, 0.4) is 0 Å². The molecule has 0 aromatic rings. The number of hydrogen-bond donors (Lipinski definition) is 1. The summed E-state index contributed by atoms with van der Waals surface area (Å²) in [4.78, 5) is 0. The van der Waals surface area contributed by atoms with Crippen molar-refractivity contribution in [3.05, 3.63) is 0 Å². The van der Waals surface area contributed by atoms with Crippen molar-refractivity contribution in [2.45, 2.75) is 32.1 Å². The van der Waals surface area contributed by atoms with E-state index in [1.54, 1.807) is 0 Å². The minimum atomic E-state index is 0.0535. The molecule has 0 amide bonds. The summed E-state index contributed by atoms with van der Waals surface area (Å²) in [5.74, 6) is 3.33. The van der Waals surface area contributed by atoms with Gasteiger partial charge in [-0.3, -0.25) is 5.32 Å². The standard InChI is InChI=1S/C9H17NOS/c1-9(2)6-10-8(11-9)7-3-4-12-5-7/h7-8,10H,3-6H2,1-2H3. The first-order valence-corrected chi connectivity index (χ1v) is 5.82. The van der Waals surface area contributed by atoms with Gasteiger partial charge in [-0.15, -0.1) is 0 Å². The highest BCUT2D eigenvalue weighted by Crippen LogP contribution is 2.31. The van der Waals surface area contributed by atoms with Crippen molar-refractivity contribution in [3.8, 4) is 0 Å². The van der Waals surface area contributed by atoms with Crippen molar-refractivity contribution in [2.75, 3.05) is 18.1 Å². The third-order valence-electron chi connectivity index (χ3n) is 2.57. The fraction of sp³-hybridized carbons (Fsp3) is 1.00. The van der Waals surface area contributed by atoms with E-state index < -0.39 is 0 Å². The first-order valence-electron chi connectivity index (χ1n) is 4.66. The number of thioether (sulfide) groups is 1. The third-order valence-corrected chi connectivity index (χ3v) is 3.76. The maximum Gasteiger partial charge on any atom is 0.112 e. The molecule has 2 aliphatic rings. The molecule has 0 radical (unpaired) electrons. The molecule has 0 saturated carbocycles. The highest BCUT2D eigenvalue weighted by molar-refractivity contribution is 7.99. The third kappa shape index (κ3) is 1.78. The van der Waals surface area contributed by atoms with E-state index in [0.29, 0.717) is 6.23 Å². The molecule has 2 nitrogen and oxygen atoms in total. The first-order chi connectivity index (χ1) is 5.67. The van der Waals surface area contributed by atoms with Gasteiger partial charge in [-0.2, -0.15) is 11.8 Å². The van der Waals surface area contributed by atoms with Crippen LogP contribution in [0, 0.1) is 5.92 Å². The van der Waals surface area contributed by atoms with Crippen molar-refractivity contribution in [2.24, 2.45) is 5.92 Å². The van der Waals surface area contributed by atoms with Gasteiger partial charge >= 0.3 is 0 Å². The summed E-state index contributed by atoms with van der Waals surface area (Å²) in [5.41, 5.74) is 0.0535. The predicted octanol–water partition coefficient (Wildman–Crippen LogP) is 1.46. The summed E-state index contributed by atoms with van der Waals surface area (Å²) in [6.07, 6.45) is 1.65. The fourth-order valence-corrected chi connectivity index (χ4v) is 3.11. The minimum absolute atomic E-state index is 0.0535. The Labute approximate surface area is 78.4 Å². The molecule has 2 aliphatic heterocycles. The van der Waals surface area contributed by atoms with Crippen LogP contribution in [-0.4, -0.2) is 29.9 Å². The molecule has 3 heteroatoms. The first kappa shape index (κ1) is 8.85. The number of ether oxygens (including phenoxy) is 1. The smallest absolute Gasteiger partial charge is 0.112 e. The Morgan fingerprint density at radius 1 is 1.50 bits per heavy atom. The molecular weight excluding hydrogens is 170 g/mol. The zero-order valence-electron chi connectivity index (χ0n) is 7.80. The van der Waals surface area contributed by atoms with Gasteiger partial charge in [-0.1, -0.05) is 0 Å². The van der Waals surface area contributed by atoms with Gasteiger partial charge in [0.25, 0.3) is 0 Å². The molecule has 0 aromatic heterocycles. The van der Waals surface area contributed by atoms with Crippen molar-refractivity contribution in [1.82, 2.24) is 5.32 Å². The predicted molar refractivity (Wildman–Crippen MR) is 52.4 cm³/mol. The quantitative estimate of drug-likeness (QED) is 0.671. The van der Waals surface area contributed by atoms with Crippen molar-refractivity contribution in [3.63, 3.8) is 0 Å². The van der Waals surface area contributed by atoms with E-state index >= 15 is 0 Å². The lowest BCUT2D eigenvalue weighted by Crippen LogP contribution is -2.31. The lowest BCUT2D eigenvalue weighted by Gasteiger charge is -2.21. The van der Waals surface area contributed by atoms with Gasteiger partial charge in [-0.25, -0.2) is 0 Å². The summed E-state index contributed by atoms with van der Waals surface area (Å²) >= 11 is 2.05. The molecular formula is C9H17NOS. The normalized spacial score (nSPS) is 40.5. The van der Waals surface area contributed by atoms with Gasteiger partial charge in [0, 0.05) is 12.5 Å². The maximum atomic E-state index is 5.91. The van der Waals surface area contributed by atoms with E-state index in [9.17, 15) is 0 Å². The molecule has 2 atom stereocenters. The number of nitrogens with one attached hydrogen (secondary N) is 1. The lowest BCUT2D eigenvalue weighted by molar-refractivity contribution is -0.0368. The van der Waals surface area contributed by atoms with Crippen LogP contribution in [0.1, 0.15) is 20.3 Å². The SMILES string of the molecule is CC1(C)CNC(C2CCSC2)O1. The molecule has 0 aromatic carbocycles. The van der Waals surface area contributed by atoms with Crippen molar-refractivity contribution < 1.29 is 4.74 Å². The molecule has 2 heterocycles. The van der Waals surface area contributed by atoms with Gasteiger partial charge in [0.15, 0.2) is 0 Å². The van der Waals surface area contributed by atoms with E-state index in [4.69, 9.17) is 4.74 Å². The van der Waals surface area contributed by atoms with Crippen LogP contribution in [0.5, 0.6) is 0 Å². The summed E-state index contributed by atoms with van der Waals surface area (Å²) < 4.78 is 5.91. The van der Waals surface area contributed by atoms with E-state index in [2.05, 4.69) is 19.2 Å². The second kappa shape index (κ2) is 3.20. The van der Waals surface area contributed by atoms with Crippen LogP contribution >= 0.6 is 11.8 Å². The molecule has 2 unspecified atom stereocenters. The molecule has 2 saturated heterocycles. The van der Waals surface area contributed by atoms with E-state index in [1.165, 1.54) is 17.9 Å². The number of rotatable bonds is 1. The highest BCUT2D eigenvalue weighted by Gasteiger charge is 2.36. The summed E-state index contributed by atoms with van der Waals surface area (Å²) in [5, 5.41) is 3.45. The van der Waals surface area contributed by atoms with E-state index in [1.807, 2.05) is 11.8 Å². The zero-order chi connectivity index (χ0) is 8.60. The second-order valence-corrected chi connectivity index (χ2v) is 5.45. The molecule has 70 valence electrons. The van der Waals surface area contributed by atoms with Crippen LogP contribution in [0.4, 0.5) is 0 Å². The second-order valence-electron chi connectivity index (χ2n) is 4.30. The van der Waals surface area contributed by atoms with Gasteiger partial charge in [0.1, 0.15) is 6.23 Å². The van der Waals surface area contributed by atoms with Gasteiger partial charge < -0.3 is 4.74 Å². The average molecular weight is 187 g/mol. The van der Waals surface area contributed by atoms with Crippen LogP contribution in [0.15, 0.2) is 0 Å². The van der Waals surface area contributed by atoms with Crippen molar-refractivity contribution >= 4 is 11.8 Å². The van der Waals surface area contributed by atoms with Crippen molar-refractivity contribution in [1.29, 1.82) is 0 Å². The Bertz CT molecular complexity index is 166. The van der Waals surface area contributed by atoms with Crippen LogP contribution in [0.25, 0.3) is 0 Å². The van der Waals surface area contributed by atoms with E-state index in [0.717, 1.165) is 12.5 Å². The van der Waals surface area contributed by atoms with Crippen LogP contribution in [-0.2, 0) is 4.74 Å². The van der Waals surface area contributed by atoms with Gasteiger partial charge in [-0.05, 0) is 31.8 Å². The Morgan fingerprint density at radius 3 is 2.83 bits per heavy atom. The van der Waals surface area contributed by atoms with Crippen LogP contribution in [0.2, 0.25) is 0 Å². The Hall–Kier alpha value is 0.270. The highest BCUT2D eigenvalue weighted by atomic mass is 32.2. The van der Waals surface area contributed by atoms with E-state index in [-0.39, 0.29) is 5.60 Å². The molecule has 12 heavy (non-hydrogen) atoms. The molecule has 0 bridgehead atoms. The Balaban J connectivity index is 1.90. The van der Waals surface area contributed by atoms with Crippen LogP contribution < -0.4 is 5.32 Å². The maximum absolute atomic E-state index is 5.91. The molecule has 2 fully saturated rings. The summed E-state index contributed by atoms with van der Waals surface area (Å²) in [6, 6.07) is 0. The van der Waals surface area contributed by atoms with Gasteiger partial charge in [0.05, 0.1) is 5.60 Å². The molecule has 0 spiro atoms. The Morgan fingerprint density at radius 2 is 2.33 bits per heavy atom. The largest absolute Gasteiger partial charge is 0.356 e. The summed E-state index contributed by atoms with van der Waals surface area (Å²) in [7, 11) is 0. The topological polar surface area (TPSA) is 21.3 Å². The lowest BCUT2D eigenvalue weighted by atomic mass is 10.1. The Kier molecular flexibility index (Phi) is 2.36. The molecule has 0 aliphatic carbocycles.